The summed E-state index contributed by atoms with van der Waals surface area (Å²) in [5.74, 6) is 0. The zero-order valence-corrected chi connectivity index (χ0v) is 8.99. The Kier molecular flexibility index (Phi) is 3.15. The Morgan fingerprint density at radius 2 is 2.00 bits per heavy atom. The van der Waals surface area contributed by atoms with E-state index in [0.717, 1.165) is 6.07 Å². The van der Waals surface area contributed by atoms with Crippen LogP contribution in [0.5, 0.6) is 0 Å². The lowest BCUT2D eigenvalue weighted by atomic mass is 10.2. The van der Waals surface area contributed by atoms with E-state index in [0.29, 0.717) is 0 Å². The maximum atomic E-state index is 12.2. The van der Waals surface area contributed by atoms with Crippen molar-refractivity contribution >= 4 is 19.7 Å². The lowest BCUT2D eigenvalue weighted by Crippen LogP contribution is -2.18. The molecule has 0 atom stereocenters. The van der Waals surface area contributed by atoms with Crippen molar-refractivity contribution in [3.8, 4) is 0 Å². The summed E-state index contributed by atoms with van der Waals surface area (Å²) < 4.78 is 46.2. The quantitative estimate of drug-likeness (QED) is 0.818. The van der Waals surface area contributed by atoms with Gasteiger partial charge in [0.15, 0.2) is 4.90 Å². The molecular weight excluding hydrogens is 252 g/mol. The summed E-state index contributed by atoms with van der Waals surface area (Å²) in [6, 6.07) is 0.876. The highest BCUT2D eigenvalue weighted by atomic mass is 35.7. The van der Waals surface area contributed by atoms with E-state index in [4.69, 9.17) is 10.7 Å². The molecule has 0 amide bonds. The Labute approximate surface area is 88.3 Å². The number of aromatic nitrogens is 1. The van der Waals surface area contributed by atoms with Gasteiger partial charge in [0.05, 0.1) is 5.69 Å². The smallest absolute Gasteiger partial charge is 0.278 e. The molecule has 15 heavy (non-hydrogen) atoms. The molecule has 8 heteroatoms. The molecule has 0 fully saturated rings. The minimum absolute atomic E-state index is 0.107. The van der Waals surface area contributed by atoms with Gasteiger partial charge in [0.2, 0.25) is 0 Å². The molecule has 0 aliphatic heterocycles. The maximum Gasteiger partial charge on any atom is 0.278 e. The monoisotopic (exact) mass is 257 g/mol. The van der Waals surface area contributed by atoms with Crippen molar-refractivity contribution in [1.29, 1.82) is 0 Å². The number of nitrogens with one attached hydrogen (secondary N) is 1. The van der Waals surface area contributed by atoms with Crippen molar-refractivity contribution in [2.75, 3.05) is 0 Å². The number of aromatic amines is 1. The second-order valence-electron chi connectivity index (χ2n) is 2.80. The molecule has 1 N–H and O–H groups in total. The molecule has 84 valence electrons. The Bertz CT molecular complexity index is 538. The topological polar surface area (TPSA) is 67.0 Å². The summed E-state index contributed by atoms with van der Waals surface area (Å²) in [4.78, 5) is 12.2. The standard InChI is InChI=1S/C7H6ClF2NO3S/c1-3-2-4(6(9)10)11-7(12)5(3)15(8,13)14/h2,6H,1H3,(H,11,12). The third-order valence-corrected chi connectivity index (χ3v) is 3.13. The third kappa shape index (κ3) is 2.54. The first-order chi connectivity index (χ1) is 6.73. The SMILES string of the molecule is Cc1cc(C(F)F)[nH]c(=O)c1S(=O)(=O)Cl. The van der Waals surface area contributed by atoms with Gasteiger partial charge in [-0.25, -0.2) is 17.2 Å². The van der Waals surface area contributed by atoms with Crippen LogP contribution in [0.2, 0.25) is 0 Å². The van der Waals surface area contributed by atoms with Crippen LogP contribution < -0.4 is 5.56 Å². The normalized spacial score (nSPS) is 12.1. The summed E-state index contributed by atoms with van der Waals surface area (Å²) >= 11 is 0. The number of aryl methyl sites for hydroxylation is 1. The average Bonchev–Trinajstić information content (AvgIpc) is 1.99. The van der Waals surface area contributed by atoms with E-state index in [9.17, 15) is 22.0 Å². The van der Waals surface area contributed by atoms with Gasteiger partial charge in [-0.1, -0.05) is 0 Å². The van der Waals surface area contributed by atoms with Gasteiger partial charge in [0, 0.05) is 10.7 Å². The highest BCUT2D eigenvalue weighted by Crippen LogP contribution is 2.20. The molecule has 0 spiro atoms. The minimum Gasteiger partial charge on any atom is -0.320 e. The highest BCUT2D eigenvalue weighted by molar-refractivity contribution is 8.13. The molecule has 0 unspecified atom stereocenters. The Morgan fingerprint density at radius 1 is 1.47 bits per heavy atom. The predicted octanol–water partition coefficient (Wildman–Crippen LogP) is 1.55. The molecule has 0 aromatic carbocycles. The number of alkyl halides is 2. The van der Waals surface area contributed by atoms with Crippen LogP contribution in [-0.2, 0) is 9.05 Å². The molecular formula is C7H6ClF2NO3S. The molecule has 4 nitrogen and oxygen atoms in total. The number of rotatable bonds is 2. The first-order valence-electron chi connectivity index (χ1n) is 3.70. The van der Waals surface area contributed by atoms with Gasteiger partial charge >= 0.3 is 0 Å². The summed E-state index contributed by atoms with van der Waals surface area (Å²) in [6.45, 7) is 1.22. The molecule has 1 aromatic rings. The van der Waals surface area contributed by atoms with Gasteiger partial charge in [-0.2, -0.15) is 0 Å². The summed E-state index contributed by atoms with van der Waals surface area (Å²) in [6.07, 6.45) is -2.87. The van der Waals surface area contributed by atoms with Crippen LogP contribution in [0.3, 0.4) is 0 Å². The van der Waals surface area contributed by atoms with Crippen LogP contribution in [-0.4, -0.2) is 13.4 Å². The fourth-order valence-electron chi connectivity index (χ4n) is 1.12. The molecule has 0 saturated carbocycles. The van der Waals surface area contributed by atoms with E-state index in [1.807, 2.05) is 0 Å². The van der Waals surface area contributed by atoms with Gasteiger partial charge in [0.1, 0.15) is 0 Å². The number of halogens is 3. The first kappa shape index (κ1) is 12.1. The predicted molar refractivity (Wildman–Crippen MR) is 49.8 cm³/mol. The van der Waals surface area contributed by atoms with Crippen molar-refractivity contribution in [1.82, 2.24) is 4.98 Å². The van der Waals surface area contributed by atoms with E-state index < -0.39 is 31.6 Å². The Hall–Kier alpha value is -0.950. The van der Waals surface area contributed by atoms with Gasteiger partial charge in [-0.3, -0.25) is 4.79 Å². The Balaban J connectivity index is 3.56. The molecule has 0 radical (unpaired) electrons. The molecule has 0 aliphatic rings. The fourth-order valence-corrected chi connectivity index (χ4v) is 2.41. The van der Waals surface area contributed by atoms with Gasteiger partial charge in [-0.15, -0.1) is 0 Å². The molecule has 1 rings (SSSR count). The van der Waals surface area contributed by atoms with Crippen LogP contribution in [0, 0.1) is 6.92 Å². The van der Waals surface area contributed by atoms with E-state index in [1.165, 1.54) is 6.92 Å². The largest absolute Gasteiger partial charge is 0.320 e. The van der Waals surface area contributed by atoms with Crippen LogP contribution >= 0.6 is 10.7 Å². The zero-order valence-electron chi connectivity index (χ0n) is 7.42. The van der Waals surface area contributed by atoms with E-state index in [1.54, 1.807) is 4.98 Å². The molecule has 0 aliphatic carbocycles. The van der Waals surface area contributed by atoms with E-state index in [-0.39, 0.29) is 5.56 Å². The van der Waals surface area contributed by atoms with Crippen molar-refractivity contribution in [2.24, 2.45) is 0 Å². The van der Waals surface area contributed by atoms with Crippen LogP contribution in [0.15, 0.2) is 15.8 Å². The van der Waals surface area contributed by atoms with Crippen LogP contribution in [0.1, 0.15) is 17.7 Å². The lowest BCUT2D eigenvalue weighted by molar-refractivity contribution is 0.145. The van der Waals surface area contributed by atoms with Crippen molar-refractivity contribution in [3.63, 3.8) is 0 Å². The molecule has 1 heterocycles. The summed E-state index contributed by atoms with van der Waals surface area (Å²) in [7, 11) is 0.743. The van der Waals surface area contributed by atoms with Crippen molar-refractivity contribution in [2.45, 2.75) is 18.2 Å². The maximum absolute atomic E-state index is 12.2. The Morgan fingerprint density at radius 3 is 2.33 bits per heavy atom. The molecule has 0 bridgehead atoms. The lowest BCUT2D eigenvalue weighted by Gasteiger charge is -2.04. The van der Waals surface area contributed by atoms with Crippen molar-refractivity contribution < 1.29 is 17.2 Å². The number of hydrogen-bond acceptors (Lipinski definition) is 3. The molecule has 1 aromatic heterocycles. The zero-order chi connectivity index (χ0) is 11.8. The first-order valence-corrected chi connectivity index (χ1v) is 6.01. The van der Waals surface area contributed by atoms with Crippen LogP contribution in [0.25, 0.3) is 0 Å². The fraction of sp³-hybridized carbons (Fsp3) is 0.286. The third-order valence-electron chi connectivity index (χ3n) is 1.67. The van der Waals surface area contributed by atoms with E-state index >= 15 is 0 Å². The van der Waals surface area contributed by atoms with Crippen molar-refractivity contribution in [3.05, 3.63) is 27.7 Å². The number of H-pyrrole nitrogens is 1. The summed E-state index contributed by atoms with van der Waals surface area (Å²) in [5, 5.41) is 0. The number of hydrogen-bond donors (Lipinski definition) is 1. The van der Waals surface area contributed by atoms with Gasteiger partial charge in [-0.05, 0) is 18.6 Å². The van der Waals surface area contributed by atoms with E-state index in [2.05, 4.69) is 0 Å². The number of pyridine rings is 1. The van der Waals surface area contributed by atoms with Gasteiger partial charge in [0.25, 0.3) is 21.0 Å². The average molecular weight is 258 g/mol. The van der Waals surface area contributed by atoms with Crippen LogP contribution in [0.4, 0.5) is 8.78 Å². The second-order valence-corrected chi connectivity index (χ2v) is 5.31. The second kappa shape index (κ2) is 3.90. The van der Waals surface area contributed by atoms with Gasteiger partial charge < -0.3 is 4.98 Å². The minimum atomic E-state index is -4.22. The molecule has 0 saturated heterocycles. The highest BCUT2D eigenvalue weighted by Gasteiger charge is 2.21. The summed E-state index contributed by atoms with van der Waals surface area (Å²) in [5.41, 5.74) is -1.88.